The van der Waals surface area contributed by atoms with Crippen molar-refractivity contribution in [3.05, 3.63) is 64.5 Å². The summed E-state index contributed by atoms with van der Waals surface area (Å²) < 4.78 is 41.0. The summed E-state index contributed by atoms with van der Waals surface area (Å²) >= 11 is 0. The van der Waals surface area contributed by atoms with E-state index in [1.165, 1.54) is 4.90 Å². The molecule has 0 aromatic heterocycles. The van der Waals surface area contributed by atoms with E-state index in [0.29, 0.717) is 11.6 Å². The first kappa shape index (κ1) is 25.8. The van der Waals surface area contributed by atoms with Crippen molar-refractivity contribution in [2.45, 2.75) is 70.2 Å². The lowest BCUT2D eigenvalue weighted by Gasteiger charge is -2.30. The second-order valence-corrected chi connectivity index (χ2v) is 10.2. The largest absolute Gasteiger partial charge is 0.389 e. The summed E-state index contributed by atoms with van der Waals surface area (Å²) in [6.07, 6.45) is 3.50. The van der Waals surface area contributed by atoms with E-state index in [2.05, 4.69) is 16.0 Å². The maximum atomic E-state index is 14.0. The van der Waals surface area contributed by atoms with Crippen molar-refractivity contribution in [3.63, 3.8) is 0 Å². The van der Waals surface area contributed by atoms with Crippen molar-refractivity contribution in [3.8, 4) is 0 Å². The molecular formula is C26H31F3N4O3. The molecule has 10 heteroatoms. The predicted octanol–water partition coefficient (Wildman–Crippen LogP) is 4.75. The molecule has 4 amide bonds. The summed E-state index contributed by atoms with van der Waals surface area (Å²) in [7, 11) is 0. The van der Waals surface area contributed by atoms with Crippen LogP contribution < -0.4 is 16.0 Å². The SMILES string of the molecule is CC(C)(O)CNC(=O)NC1CCC(c2ccc(NC(=O)N3Cc4cc(F)c(F)c(F)c4C3)cc2)CC1. The Balaban J connectivity index is 1.25. The van der Waals surface area contributed by atoms with Gasteiger partial charge >= 0.3 is 12.1 Å². The third kappa shape index (κ3) is 6.10. The van der Waals surface area contributed by atoms with Gasteiger partial charge in [0.15, 0.2) is 17.5 Å². The number of carbonyl (C=O) groups excluding carboxylic acids is 2. The Morgan fingerprint density at radius 2 is 1.69 bits per heavy atom. The topological polar surface area (TPSA) is 93.7 Å². The minimum Gasteiger partial charge on any atom is -0.389 e. The molecule has 194 valence electrons. The van der Waals surface area contributed by atoms with Crippen LogP contribution in [0.15, 0.2) is 30.3 Å². The lowest BCUT2D eigenvalue weighted by Crippen LogP contribution is -2.47. The summed E-state index contributed by atoms with van der Waals surface area (Å²) in [6, 6.07) is 7.75. The van der Waals surface area contributed by atoms with Crippen LogP contribution in [0.25, 0.3) is 0 Å². The van der Waals surface area contributed by atoms with E-state index >= 15 is 0 Å². The van der Waals surface area contributed by atoms with Gasteiger partial charge in [-0.2, -0.15) is 0 Å². The molecule has 7 nitrogen and oxygen atoms in total. The van der Waals surface area contributed by atoms with Crippen molar-refractivity contribution < 1.29 is 27.9 Å². The summed E-state index contributed by atoms with van der Waals surface area (Å²) in [5.41, 5.74) is 1.00. The van der Waals surface area contributed by atoms with E-state index in [1.54, 1.807) is 26.0 Å². The van der Waals surface area contributed by atoms with Gasteiger partial charge in [-0.3, -0.25) is 0 Å². The van der Waals surface area contributed by atoms with Gasteiger partial charge in [0.2, 0.25) is 0 Å². The van der Waals surface area contributed by atoms with Crippen molar-refractivity contribution in [1.29, 1.82) is 0 Å². The lowest BCUT2D eigenvalue weighted by atomic mass is 9.82. The molecule has 0 radical (unpaired) electrons. The standard InChI is InChI=1S/C26H31F3N4O3/c1-26(2,36)14-30-24(34)31-18-7-3-15(4-8-18)16-5-9-19(10-6-16)32-25(35)33-12-17-11-21(27)23(29)22(28)20(17)13-33/h5-6,9-11,15,18,36H,3-4,7-8,12-14H2,1-2H3,(H,32,35)(H2,30,31,34). The summed E-state index contributed by atoms with van der Waals surface area (Å²) in [5.74, 6) is -3.69. The summed E-state index contributed by atoms with van der Waals surface area (Å²) in [5, 5.41) is 18.1. The highest BCUT2D eigenvalue weighted by Gasteiger charge is 2.30. The molecule has 0 atom stereocenters. The van der Waals surface area contributed by atoms with Gasteiger partial charge in [-0.15, -0.1) is 0 Å². The molecule has 0 saturated heterocycles. The van der Waals surface area contributed by atoms with Crippen molar-refractivity contribution in [2.75, 3.05) is 11.9 Å². The van der Waals surface area contributed by atoms with Gasteiger partial charge < -0.3 is 26.0 Å². The fourth-order valence-electron chi connectivity index (χ4n) is 4.73. The maximum Gasteiger partial charge on any atom is 0.322 e. The summed E-state index contributed by atoms with van der Waals surface area (Å²) in [6.45, 7) is 3.31. The van der Waals surface area contributed by atoms with Crippen LogP contribution in [-0.2, 0) is 13.1 Å². The maximum absolute atomic E-state index is 14.0. The van der Waals surface area contributed by atoms with Crippen LogP contribution in [0.1, 0.15) is 62.1 Å². The molecule has 2 aromatic rings. The second-order valence-electron chi connectivity index (χ2n) is 10.2. The molecule has 4 N–H and O–H groups in total. The molecule has 36 heavy (non-hydrogen) atoms. The number of fused-ring (bicyclic) bond motifs is 1. The Hall–Kier alpha value is -3.27. The first-order chi connectivity index (χ1) is 17.0. The Morgan fingerprint density at radius 3 is 2.33 bits per heavy atom. The number of carbonyl (C=O) groups is 2. The summed E-state index contributed by atoms with van der Waals surface area (Å²) in [4.78, 5) is 25.9. The van der Waals surface area contributed by atoms with Gasteiger partial charge in [0.1, 0.15) is 0 Å². The van der Waals surface area contributed by atoms with E-state index in [-0.39, 0.29) is 42.8 Å². The number of benzene rings is 2. The first-order valence-electron chi connectivity index (χ1n) is 12.1. The van der Waals surface area contributed by atoms with Gasteiger partial charge in [0.25, 0.3) is 0 Å². The third-order valence-electron chi connectivity index (χ3n) is 6.73. The number of nitrogens with zero attached hydrogens (tertiary/aromatic N) is 1. The van der Waals surface area contributed by atoms with Crippen LogP contribution >= 0.6 is 0 Å². The minimum atomic E-state index is -1.52. The molecule has 2 aliphatic rings. The van der Waals surface area contributed by atoms with Gasteiger partial charge in [0, 0.05) is 30.4 Å². The predicted molar refractivity (Wildman–Crippen MR) is 129 cm³/mol. The second kappa shape index (κ2) is 10.4. The normalized spacial score (nSPS) is 19.6. The minimum absolute atomic E-state index is 0.000427. The Kier molecular flexibility index (Phi) is 7.44. The number of aliphatic hydroxyl groups is 1. The van der Waals surface area contributed by atoms with E-state index in [9.17, 15) is 27.9 Å². The first-order valence-corrected chi connectivity index (χ1v) is 12.1. The molecule has 1 aliphatic heterocycles. The Bertz CT molecular complexity index is 1130. The quantitative estimate of drug-likeness (QED) is 0.443. The number of nitrogens with one attached hydrogen (secondary N) is 3. The average Bonchev–Trinajstić information content (AvgIpc) is 3.26. The number of hydrogen-bond donors (Lipinski definition) is 4. The molecule has 1 fully saturated rings. The average molecular weight is 505 g/mol. The molecule has 1 saturated carbocycles. The van der Waals surface area contributed by atoms with Crippen LogP contribution in [-0.4, -0.2) is 40.3 Å². The fourth-order valence-corrected chi connectivity index (χ4v) is 4.73. The van der Waals surface area contributed by atoms with Crippen LogP contribution in [0.4, 0.5) is 28.4 Å². The monoisotopic (exact) mass is 504 g/mol. The number of rotatable bonds is 5. The molecule has 0 spiro atoms. The van der Waals surface area contributed by atoms with Crippen molar-refractivity contribution in [1.82, 2.24) is 15.5 Å². The zero-order valence-corrected chi connectivity index (χ0v) is 20.3. The van der Waals surface area contributed by atoms with Crippen LogP contribution in [0.3, 0.4) is 0 Å². The van der Waals surface area contributed by atoms with Gasteiger partial charge in [0.05, 0.1) is 12.1 Å². The highest BCUT2D eigenvalue weighted by Crippen LogP contribution is 2.34. The molecule has 0 bridgehead atoms. The lowest BCUT2D eigenvalue weighted by molar-refractivity contribution is 0.0816. The van der Waals surface area contributed by atoms with E-state index in [0.717, 1.165) is 37.3 Å². The molecule has 4 rings (SSSR count). The Labute approximate surface area is 208 Å². The number of urea groups is 2. The number of halogens is 3. The number of anilines is 1. The molecule has 0 unspecified atom stereocenters. The molecular weight excluding hydrogens is 473 g/mol. The molecule has 1 heterocycles. The van der Waals surface area contributed by atoms with Gasteiger partial charge in [-0.05, 0) is 74.8 Å². The van der Waals surface area contributed by atoms with Crippen LogP contribution in [0.2, 0.25) is 0 Å². The zero-order valence-electron chi connectivity index (χ0n) is 20.3. The molecule has 1 aliphatic carbocycles. The van der Waals surface area contributed by atoms with E-state index in [4.69, 9.17) is 0 Å². The van der Waals surface area contributed by atoms with Gasteiger partial charge in [-0.25, -0.2) is 22.8 Å². The number of hydrogen-bond acceptors (Lipinski definition) is 3. The highest BCUT2D eigenvalue weighted by molar-refractivity contribution is 5.89. The molecule has 2 aromatic carbocycles. The Morgan fingerprint density at radius 1 is 1.03 bits per heavy atom. The number of amides is 4. The van der Waals surface area contributed by atoms with Crippen molar-refractivity contribution >= 4 is 17.7 Å². The van der Waals surface area contributed by atoms with Crippen molar-refractivity contribution in [2.24, 2.45) is 0 Å². The van der Waals surface area contributed by atoms with E-state index in [1.807, 2.05) is 12.1 Å². The van der Waals surface area contributed by atoms with Crippen LogP contribution in [0, 0.1) is 17.5 Å². The zero-order chi connectivity index (χ0) is 26.0. The van der Waals surface area contributed by atoms with E-state index < -0.39 is 29.1 Å². The van der Waals surface area contributed by atoms with Gasteiger partial charge in [-0.1, -0.05) is 12.1 Å². The smallest absolute Gasteiger partial charge is 0.322 e. The highest BCUT2D eigenvalue weighted by atomic mass is 19.2. The van der Waals surface area contributed by atoms with Crippen LogP contribution in [0.5, 0.6) is 0 Å². The third-order valence-corrected chi connectivity index (χ3v) is 6.73. The fraction of sp³-hybridized carbons (Fsp3) is 0.462.